The third-order valence-corrected chi connectivity index (χ3v) is 2.75. The summed E-state index contributed by atoms with van der Waals surface area (Å²) in [6, 6.07) is 12.3. The molecule has 2 aromatic rings. The number of benzene rings is 2. The van der Waals surface area contributed by atoms with Crippen molar-refractivity contribution in [1.29, 1.82) is 0 Å². The van der Waals surface area contributed by atoms with E-state index in [4.69, 9.17) is 16.3 Å². The molecule has 0 amide bonds. The third-order valence-electron chi connectivity index (χ3n) is 2.56. The molecule has 0 saturated heterocycles. The van der Waals surface area contributed by atoms with Gasteiger partial charge in [-0.2, -0.15) is 0 Å². The number of ether oxygens (including phenoxy) is 1. The van der Waals surface area contributed by atoms with Gasteiger partial charge in [-0.25, -0.2) is 0 Å². The number of rotatable bonds is 3. The molecule has 0 unspecified atom stereocenters. The molecule has 0 N–H and O–H groups in total. The van der Waals surface area contributed by atoms with Gasteiger partial charge in [0.2, 0.25) is 0 Å². The van der Waals surface area contributed by atoms with Crippen molar-refractivity contribution in [2.75, 3.05) is 13.0 Å². The number of fused-ring (bicyclic) bond motifs is 1. The first kappa shape index (κ1) is 10.3. The minimum atomic E-state index is 0.649. The van der Waals surface area contributed by atoms with Crippen molar-refractivity contribution in [3.63, 3.8) is 0 Å². The third kappa shape index (κ3) is 1.93. The van der Waals surface area contributed by atoms with Crippen molar-refractivity contribution < 1.29 is 4.74 Å². The average molecular weight is 221 g/mol. The van der Waals surface area contributed by atoms with E-state index in [0.29, 0.717) is 5.88 Å². The van der Waals surface area contributed by atoms with Gasteiger partial charge in [0.1, 0.15) is 5.75 Å². The van der Waals surface area contributed by atoms with Crippen LogP contribution in [0.25, 0.3) is 10.8 Å². The number of hydrogen-bond donors (Lipinski definition) is 0. The zero-order valence-electron chi connectivity index (χ0n) is 8.66. The van der Waals surface area contributed by atoms with Gasteiger partial charge in [0.25, 0.3) is 0 Å². The van der Waals surface area contributed by atoms with Crippen LogP contribution in [0.2, 0.25) is 0 Å². The predicted octanol–water partition coefficient (Wildman–Crippen LogP) is 3.63. The van der Waals surface area contributed by atoms with Gasteiger partial charge in [0, 0.05) is 11.3 Å². The van der Waals surface area contributed by atoms with E-state index in [1.54, 1.807) is 7.11 Å². The molecule has 0 aliphatic carbocycles. The van der Waals surface area contributed by atoms with Gasteiger partial charge in [-0.05, 0) is 23.4 Å². The molecule has 0 heterocycles. The number of methoxy groups -OCH3 is 1. The van der Waals surface area contributed by atoms with Crippen molar-refractivity contribution in [1.82, 2.24) is 0 Å². The van der Waals surface area contributed by atoms with Crippen molar-refractivity contribution in [2.45, 2.75) is 6.42 Å². The quantitative estimate of drug-likeness (QED) is 0.718. The molecule has 2 heteroatoms. The van der Waals surface area contributed by atoms with Crippen molar-refractivity contribution in [2.24, 2.45) is 0 Å². The highest BCUT2D eigenvalue weighted by atomic mass is 35.5. The second-order valence-electron chi connectivity index (χ2n) is 3.41. The van der Waals surface area contributed by atoms with Crippen LogP contribution in [0, 0.1) is 0 Å². The van der Waals surface area contributed by atoms with Crippen LogP contribution in [0.4, 0.5) is 0 Å². The van der Waals surface area contributed by atoms with E-state index < -0.39 is 0 Å². The Bertz CT molecular complexity index is 465. The molecule has 0 aliphatic rings. The monoisotopic (exact) mass is 220 g/mol. The zero-order chi connectivity index (χ0) is 10.7. The number of hydrogen-bond acceptors (Lipinski definition) is 1. The molecular weight excluding hydrogens is 208 g/mol. The van der Waals surface area contributed by atoms with Crippen LogP contribution in [-0.2, 0) is 6.42 Å². The first-order valence-corrected chi connectivity index (χ1v) is 5.51. The Labute approximate surface area is 94.6 Å². The van der Waals surface area contributed by atoms with Crippen LogP contribution in [0.5, 0.6) is 5.75 Å². The first-order chi connectivity index (χ1) is 7.36. The van der Waals surface area contributed by atoms with Gasteiger partial charge in [0.15, 0.2) is 0 Å². The minimum Gasteiger partial charge on any atom is -0.496 e. The van der Waals surface area contributed by atoms with Crippen LogP contribution in [0.3, 0.4) is 0 Å². The number of alkyl halides is 1. The van der Waals surface area contributed by atoms with E-state index in [1.807, 2.05) is 18.2 Å². The SMILES string of the molecule is COc1ccc(CCCl)c2ccccc12. The molecule has 0 bridgehead atoms. The average Bonchev–Trinajstić information content (AvgIpc) is 2.30. The smallest absolute Gasteiger partial charge is 0.126 e. The van der Waals surface area contributed by atoms with E-state index in [9.17, 15) is 0 Å². The van der Waals surface area contributed by atoms with Gasteiger partial charge in [-0.1, -0.05) is 30.3 Å². The highest BCUT2D eigenvalue weighted by Gasteiger charge is 2.04. The van der Waals surface area contributed by atoms with Crippen LogP contribution in [-0.4, -0.2) is 13.0 Å². The standard InChI is InChI=1S/C13H13ClO/c1-15-13-7-6-10(8-9-14)11-4-2-3-5-12(11)13/h2-7H,8-9H2,1H3. The fourth-order valence-corrected chi connectivity index (χ4v) is 2.04. The molecule has 1 nitrogen and oxygen atoms in total. The Kier molecular flexibility index (Phi) is 3.12. The molecule has 0 spiro atoms. The Morgan fingerprint density at radius 2 is 1.80 bits per heavy atom. The summed E-state index contributed by atoms with van der Waals surface area (Å²) in [5, 5.41) is 2.39. The molecule has 2 aromatic carbocycles. The van der Waals surface area contributed by atoms with Gasteiger partial charge >= 0.3 is 0 Å². The van der Waals surface area contributed by atoms with Gasteiger partial charge < -0.3 is 4.74 Å². The maximum atomic E-state index is 5.78. The summed E-state index contributed by atoms with van der Waals surface area (Å²) in [4.78, 5) is 0. The molecule has 78 valence electrons. The van der Waals surface area contributed by atoms with Gasteiger partial charge in [-0.15, -0.1) is 11.6 Å². The Morgan fingerprint density at radius 3 is 2.47 bits per heavy atom. The lowest BCUT2D eigenvalue weighted by atomic mass is 10.0. The van der Waals surface area contributed by atoms with Gasteiger partial charge in [0.05, 0.1) is 7.11 Å². The molecule has 0 aromatic heterocycles. The van der Waals surface area contributed by atoms with Crippen LogP contribution >= 0.6 is 11.6 Å². The summed E-state index contributed by atoms with van der Waals surface area (Å²) in [5.74, 6) is 1.57. The summed E-state index contributed by atoms with van der Waals surface area (Å²) < 4.78 is 5.33. The molecule has 0 aliphatic heterocycles. The van der Waals surface area contributed by atoms with Crippen molar-refractivity contribution in [3.8, 4) is 5.75 Å². The maximum Gasteiger partial charge on any atom is 0.126 e. The summed E-state index contributed by atoms with van der Waals surface area (Å²) in [6.07, 6.45) is 0.895. The normalized spacial score (nSPS) is 10.5. The summed E-state index contributed by atoms with van der Waals surface area (Å²) >= 11 is 5.78. The van der Waals surface area contributed by atoms with Gasteiger partial charge in [-0.3, -0.25) is 0 Å². The summed E-state index contributed by atoms with van der Waals surface area (Å²) in [6.45, 7) is 0. The second kappa shape index (κ2) is 4.54. The Balaban J connectivity index is 2.66. The summed E-state index contributed by atoms with van der Waals surface area (Å²) in [5.41, 5.74) is 1.28. The number of halogens is 1. The Morgan fingerprint density at radius 1 is 1.07 bits per heavy atom. The molecule has 0 atom stereocenters. The predicted molar refractivity (Wildman–Crippen MR) is 64.9 cm³/mol. The van der Waals surface area contributed by atoms with Crippen molar-refractivity contribution >= 4 is 22.4 Å². The lowest BCUT2D eigenvalue weighted by Crippen LogP contribution is -1.91. The second-order valence-corrected chi connectivity index (χ2v) is 3.79. The number of aryl methyl sites for hydroxylation is 1. The fraction of sp³-hybridized carbons (Fsp3) is 0.231. The highest BCUT2D eigenvalue weighted by Crippen LogP contribution is 2.28. The van der Waals surface area contributed by atoms with E-state index in [0.717, 1.165) is 17.6 Å². The van der Waals surface area contributed by atoms with E-state index in [1.165, 1.54) is 10.9 Å². The van der Waals surface area contributed by atoms with E-state index in [-0.39, 0.29) is 0 Å². The fourth-order valence-electron chi connectivity index (χ4n) is 1.83. The minimum absolute atomic E-state index is 0.649. The van der Waals surface area contributed by atoms with Crippen molar-refractivity contribution in [3.05, 3.63) is 42.0 Å². The molecule has 0 radical (unpaired) electrons. The highest BCUT2D eigenvalue weighted by molar-refractivity contribution is 6.18. The summed E-state index contributed by atoms with van der Waals surface area (Å²) in [7, 11) is 1.70. The molecular formula is C13H13ClO. The largest absolute Gasteiger partial charge is 0.496 e. The van der Waals surface area contributed by atoms with E-state index in [2.05, 4.69) is 18.2 Å². The van der Waals surface area contributed by atoms with Crippen LogP contribution in [0.15, 0.2) is 36.4 Å². The van der Waals surface area contributed by atoms with Crippen LogP contribution < -0.4 is 4.74 Å². The molecule has 15 heavy (non-hydrogen) atoms. The molecule has 2 rings (SSSR count). The molecule has 0 fully saturated rings. The maximum absolute atomic E-state index is 5.78. The van der Waals surface area contributed by atoms with Crippen LogP contribution in [0.1, 0.15) is 5.56 Å². The molecule has 0 saturated carbocycles. The first-order valence-electron chi connectivity index (χ1n) is 4.97. The topological polar surface area (TPSA) is 9.23 Å². The van der Waals surface area contributed by atoms with E-state index >= 15 is 0 Å². The Hall–Kier alpha value is -1.21. The zero-order valence-corrected chi connectivity index (χ0v) is 9.42. The lowest BCUT2D eigenvalue weighted by molar-refractivity contribution is 0.419. The lowest BCUT2D eigenvalue weighted by Gasteiger charge is -2.09.